The number of hydrogen-bond donors (Lipinski definition) is 2. The molecule has 0 fully saturated rings. The lowest BCUT2D eigenvalue weighted by Crippen LogP contribution is -2.27. The van der Waals surface area contributed by atoms with Gasteiger partial charge in [0.1, 0.15) is 17.2 Å². The van der Waals surface area contributed by atoms with Gasteiger partial charge in [0.15, 0.2) is 5.78 Å². The molecule has 1 heterocycles. The molecule has 0 spiro atoms. The summed E-state index contributed by atoms with van der Waals surface area (Å²) in [4.78, 5) is 26.0. The summed E-state index contributed by atoms with van der Waals surface area (Å²) in [5.74, 6) is -2.53. The zero-order chi connectivity index (χ0) is 33.8. The molecular formula is C35H29F4NO6S. The van der Waals surface area contributed by atoms with Crippen LogP contribution in [-0.4, -0.2) is 30.4 Å². The van der Waals surface area contributed by atoms with Crippen molar-refractivity contribution < 1.29 is 44.5 Å². The van der Waals surface area contributed by atoms with Gasteiger partial charge in [-0.05, 0) is 72.9 Å². The predicted molar refractivity (Wildman–Crippen MR) is 169 cm³/mol. The molecule has 0 saturated carbocycles. The van der Waals surface area contributed by atoms with Crippen LogP contribution in [0.25, 0.3) is 22.3 Å². The second-order valence-electron chi connectivity index (χ2n) is 11.1. The van der Waals surface area contributed by atoms with Crippen molar-refractivity contribution in [1.29, 1.82) is 0 Å². The van der Waals surface area contributed by atoms with E-state index in [0.717, 1.165) is 17.5 Å². The maximum atomic E-state index is 15.3. The van der Waals surface area contributed by atoms with Gasteiger partial charge in [-0.1, -0.05) is 54.6 Å². The van der Waals surface area contributed by atoms with Gasteiger partial charge in [0, 0.05) is 28.9 Å². The zero-order valence-corrected chi connectivity index (χ0v) is 25.6. The van der Waals surface area contributed by atoms with E-state index in [2.05, 4.69) is 5.32 Å². The first-order chi connectivity index (χ1) is 22.2. The molecule has 0 bridgehead atoms. The third-order valence-electron chi connectivity index (χ3n) is 7.64. The van der Waals surface area contributed by atoms with Gasteiger partial charge >= 0.3 is 6.18 Å². The highest BCUT2D eigenvalue weighted by Crippen LogP contribution is 2.31. The number of para-hydroxylation sites is 1. The smallest absolute Gasteiger partial charge is 0.416 e. The molecule has 0 aliphatic carbocycles. The number of hydrogen-bond acceptors (Lipinski definition) is 5. The Labute approximate surface area is 268 Å². The molecule has 0 aliphatic rings. The van der Waals surface area contributed by atoms with Crippen molar-refractivity contribution in [3.05, 3.63) is 125 Å². The first kappa shape index (κ1) is 33.6. The van der Waals surface area contributed by atoms with E-state index in [9.17, 15) is 31.2 Å². The van der Waals surface area contributed by atoms with Crippen LogP contribution < -0.4 is 5.32 Å². The molecule has 1 amide bonds. The Kier molecular flexibility index (Phi) is 9.92. The summed E-state index contributed by atoms with van der Waals surface area (Å²) in [5.41, 5.74) is 1.59. The Bertz CT molecular complexity index is 1970. The summed E-state index contributed by atoms with van der Waals surface area (Å²) in [7, 11) is -4.19. The topological polar surface area (TPSA) is 114 Å². The molecule has 244 valence electrons. The minimum Gasteiger partial charge on any atom is -0.456 e. The molecule has 0 saturated heterocycles. The van der Waals surface area contributed by atoms with E-state index in [1.807, 2.05) is 18.2 Å². The van der Waals surface area contributed by atoms with Gasteiger partial charge < -0.3 is 9.73 Å². The Morgan fingerprint density at radius 3 is 2.09 bits per heavy atom. The predicted octanol–water partition coefficient (Wildman–Crippen LogP) is 8.15. The number of carbonyl (C=O) groups is 2. The molecule has 2 N–H and O–H groups in total. The summed E-state index contributed by atoms with van der Waals surface area (Å²) in [6.07, 6.45) is -4.52. The fourth-order valence-corrected chi connectivity index (χ4v) is 5.68. The van der Waals surface area contributed by atoms with Gasteiger partial charge in [0.2, 0.25) is 5.91 Å². The van der Waals surface area contributed by atoms with E-state index in [0.29, 0.717) is 33.6 Å². The van der Waals surface area contributed by atoms with Crippen LogP contribution in [0.5, 0.6) is 0 Å². The monoisotopic (exact) mass is 667 g/mol. The molecule has 1 aromatic heterocycles. The van der Waals surface area contributed by atoms with E-state index < -0.39 is 45.3 Å². The van der Waals surface area contributed by atoms with Crippen molar-refractivity contribution in [3.8, 4) is 11.3 Å². The summed E-state index contributed by atoms with van der Waals surface area (Å²) in [6.45, 7) is 0. The number of carbonyl (C=O) groups excluding carboxylic acids is 2. The van der Waals surface area contributed by atoms with E-state index in [4.69, 9.17) is 8.97 Å². The highest BCUT2D eigenvalue weighted by Gasteiger charge is 2.30. The van der Waals surface area contributed by atoms with Crippen LogP contribution in [0.4, 0.5) is 23.2 Å². The van der Waals surface area contributed by atoms with E-state index in [1.165, 1.54) is 36.4 Å². The maximum Gasteiger partial charge on any atom is 0.416 e. The standard InChI is InChI=1S/C35H29F4NO6S/c36-29-20-26(33-21-25-4-1-2-6-32(25)46-33)13-16-30(29)40-34(42)27(19-23-9-14-28(15-10-23)35(37,38)39)18-22-7-11-24(12-8-22)31(41)5-3-17-47(43,44)45/h1-2,4,6-16,20-21,27H,3,5,17-19H2,(H,40,42)(H,43,44,45). The Morgan fingerprint density at radius 1 is 0.851 bits per heavy atom. The van der Waals surface area contributed by atoms with Crippen LogP contribution >= 0.6 is 0 Å². The number of alkyl halides is 3. The quantitative estimate of drug-likeness (QED) is 0.0789. The fraction of sp³-hybridized carbons (Fsp3) is 0.200. The number of ketones is 1. The van der Waals surface area contributed by atoms with E-state index in [-0.39, 0.29) is 37.2 Å². The summed E-state index contributed by atoms with van der Waals surface area (Å²) < 4.78 is 91.1. The van der Waals surface area contributed by atoms with Crippen LogP contribution in [0.1, 0.15) is 39.9 Å². The van der Waals surface area contributed by atoms with Crippen LogP contribution in [0.3, 0.4) is 0 Å². The van der Waals surface area contributed by atoms with Gasteiger partial charge in [0.05, 0.1) is 17.0 Å². The second kappa shape index (κ2) is 13.9. The fourth-order valence-electron chi connectivity index (χ4n) is 5.17. The molecule has 5 aromatic rings. The first-order valence-electron chi connectivity index (χ1n) is 14.6. The van der Waals surface area contributed by atoms with Crippen LogP contribution in [0, 0.1) is 11.7 Å². The lowest BCUT2D eigenvalue weighted by atomic mass is 9.90. The van der Waals surface area contributed by atoms with Gasteiger partial charge in [0.25, 0.3) is 10.1 Å². The average molecular weight is 668 g/mol. The van der Waals surface area contributed by atoms with Crippen molar-refractivity contribution >= 4 is 38.5 Å². The zero-order valence-electron chi connectivity index (χ0n) is 24.8. The van der Waals surface area contributed by atoms with Crippen LogP contribution in [0.2, 0.25) is 0 Å². The third kappa shape index (κ3) is 8.93. The van der Waals surface area contributed by atoms with Gasteiger partial charge in [-0.25, -0.2) is 4.39 Å². The highest BCUT2D eigenvalue weighted by atomic mass is 32.2. The van der Waals surface area contributed by atoms with Crippen molar-refractivity contribution in [2.45, 2.75) is 31.9 Å². The number of anilines is 1. The number of rotatable bonds is 12. The minimum atomic E-state index is -4.52. The van der Waals surface area contributed by atoms with Gasteiger partial charge in [-0.15, -0.1) is 0 Å². The molecule has 1 atom stereocenters. The van der Waals surface area contributed by atoms with E-state index >= 15 is 4.39 Å². The molecule has 1 unspecified atom stereocenters. The van der Waals surface area contributed by atoms with Crippen molar-refractivity contribution in [2.24, 2.45) is 5.92 Å². The lowest BCUT2D eigenvalue weighted by molar-refractivity contribution is -0.137. The number of furan rings is 1. The number of Topliss-reactive ketones (excluding diaryl/α,β-unsaturated/α-hetero) is 1. The Balaban J connectivity index is 1.33. The maximum absolute atomic E-state index is 15.3. The second-order valence-corrected chi connectivity index (χ2v) is 12.7. The summed E-state index contributed by atoms with van der Waals surface area (Å²) in [5, 5.41) is 3.46. The molecule has 0 radical (unpaired) electrons. The number of nitrogens with one attached hydrogen (secondary N) is 1. The molecule has 47 heavy (non-hydrogen) atoms. The van der Waals surface area contributed by atoms with Crippen molar-refractivity contribution in [2.75, 3.05) is 11.1 Å². The van der Waals surface area contributed by atoms with Crippen molar-refractivity contribution in [3.63, 3.8) is 0 Å². The molecule has 7 nitrogen and oxygen atoms in total. The number of benzene rings is 4. The number of fused-ring (bicyclic) bond motifs is 1. The average Bonchev–Trinajstić information content (AvgIpc) is 3.46. The molecular weight excluding hydrogens is 638 g/mol. The minimum absolute atomic E-state index is 0.0406. The number of halogens is 4. The van der Waals surface area contributed by atoms with Crippen LogP contribution in [-0.2, 0) is 33.9 Å². The van der Waals surface area contributed by atoms with Crippen molar-refractivity contribution in [1.82, 2.24) is 0 Å². The Morgan fingerprint density at radius 2 is 1.49 bits per heavy atom. The largest absolute Gasteiger partial charge is 0.456 e. The van der Waals surface area contributed by atoms with Gasteiger partial charge in [-0.3, -0.25) is 14.1 Å². The SMILES string of the molecule is O=C(CCCS(=O)(=O)O)c1ccc(CC(Cc2ccc(C(F)(F)F)cc2)C(=O)Nc2ccc(-c3cc4ccccc4o3)cc2F)cc1. The summed E-state index contributed by atoms with van der Waals surface area (Å²) in [6, 6.07) is 24.1. The molecule has 0 aliphatic heterocycles. The van der Waals surface area contributed by atoms with Gasteiger partial charge in [-0.2, -0.15) is 21.6 Å². The molecule has 12 heteroatoms. The summed E-state index contributed by atoms with van der Waals surface area (Å²) >= 11 is 0. The molecule has 5 rings (SSSR count). The number of amides is 1. The first-order valence-corrected chi connectivity index (χ1v) is 16.2. The lowest BCUT2D eigenvalue weighted by Gasteiger charge is -2.18. The highest BCUT2D eigenvalue weighted by molar-refractivity contribution is 7.85. The molecule has 4 aromatic carbocycles. The Hall–Kier alpha value is -4.81. The van der Waals surface area contributed by atoms with Crippen LogP contribution in [0.15, 0.2) is 101 Å². The normalized spacial score (nSPS) is 12.6. The van der Waals surface area contributed by atoms with E-state index in [1.54, 1.807) is 30.3 Å². The third-order valence-corrected chi connectivity index (χ3v) is 8.44.